The largest absolute Gasteiger partial charge is 0.0625 e. The van der Waals surface area contributed by atoms with Gasteiger partial charge in [-0.3, -0.25) is 0 Å². The summed E-state index contributed by atoms with van der Waals surface area (Å²) in [4.78, 5) is 0. The lowest BCUT2D eigenvalue weighted by Crippen LogP contribution is -1.90. The molecule has 10 heavy (non-hydrogen) atoms. The summed E-state index contributed by atoms with van der Waals surface area (Å²) in [5, 5.41) is 0. The van der Waals surface area contributed by atoms with Crippen LogP contribution in [0, 0.1) is 25.7 Å². The summed E-state index contributed by atoms with van der Waals surface area (Å²) < 4.78 is 0. The zero-order valence-corrected chi connectivity index (χ0v) is 7.40. The molecular weight excluding hydrogens is 120 g/mol. The van der Waals surface area contributed by atoms with Crippen LogP contribution in [-0.2, 0) is 0 Å². The normalized spacial score (nSPS) is 11.4. The minimum Gasteiger partial charge on any atom is -0.0625 e. The van der Waals surface area contributed by atoms with E-state index in [2.05, 4.69) is 27.7 Å². The molecule has 0 aliphatic heterocycles. The van der Waals surface area contributed by atoms with Crippen LogP contribution in [0.1, 0.15) is 39.5 Å². The summed E-state index contributed by atoms with van der Waals surface area (Å²) in [5.74, 6) is 1.25. The third kappa shape index (κ3) is 8.00. The van der Waals surface area contributed by atoms with Gasteiger partial charge in [-0.1, -0.05) is 53.4 Å². The van der Waals surface area contributed by atoms with Crippen molar-refractivity contribution in [2.45, 2.75) is 39.5 Å². The van der Waals surface area contributed by atoms with Crippen LogP contribution in [0.4, 0.5) is 0 Å². The number of unbranched alkanes of at least 4 members (excludes halogenated alkanes) is 1. The molecular formula is C10H20. The first-order valence-corrected chi connectivity index (χ1v) is 4.29. The highest BCUT2D eigenvalue weighted by Crippen LogP contribution is 2.11. The van der Waals surface area contributed by atoms with Crippen LogP contribution in [0.2, 0.25) is 0 Å². The fraction of sp³-hybridized carbons (Fsp3) is 0.800. The van der Waals surface area contributed by atoms with Crippen molar-refractivity contribution < 1.29 is 0 Å². The van der Waals surface area contributed by atoms with Crippen LogP contribution in [0.15, 0.2) is 0 Å². The maximum atomic E-state index is 3.94. The van der Waals surface area contributed by atoms with Crippen LogP contribution in [0.5, 0.6) is 0 Å². The maximum Gasteiger partial charge on any atom is -0.0443 e. The SMILES string of the molecule is [CH2]C(C)CCCCC([CH2])C. The van der Waals surface area contributed by atoms with E-state index in [1.54, 1.807) is 0 Å². The number of hydrogen-bond acceptors (Lipinski definition) is 0. The molecule has 0 spiro atoms. The highest BCUT2D eigenvalue weighted by atomic mass is 14.0. The summed E-state index contributed by atoms with van der Waals surface area (Å²) in [7, 11) is 0. The first kappa shape index (κ1) is 10.0. The predicted molar refractivity (Wildman–Crippen MR) is 47.5 cm³/mol. The monoisotopic (exact) mass is 140 g/mol. The number of rotatable bonds is 5. The molecule has 2 radical (unpaired) electrons. The van der Waals surface area contributed by atoms with Crippen molar-refractivity contribution >= 4 is 0 Å². The van der Waals surface area contributed by atoms with E-state index < -0.39 is 0 Å². The molecule has 0 N–H and O–H groups in total. The lowest BCUT2D eigenvalue weighted by Gasteiger charge is -2.05. The van der Waals surface area contributed by atoms with E-state index >= 15 is 0 Å². The Morgan fingerprint density at radius 3 is 1.40 bits per heavy atom. The molecule has 0 heteroatoms. The van der Waals surface area contributed by atoms with Gasteiger partial charge in [0, 0.05) is 0 Å². The zero-order chi connectivity index (χ0) is 7.98. The minimum atomic E-state index is 0.625. The van der Waals surface area contributed by atoms with Gasteiger partial charge >= 0.3 is 0 Å². The Kier molecular flexibility index (Phi) is 5.76. The summed E-state index contributed by atoms with van der Waals surface area (Å²) in [6.45, 7) is 12.2. The molecule has 0 aliphatic carbocycles. The zero-order valence-electron chi connectivity index (χ0n) is 7.40. The molecule has 2 unspecified atom stereocenters. The highest BCUT2D eigenvalue weighted by molar-refractivity contribution is 4.57. The standard InChI is InChI=1S/C10H20/c1-9(2)7-5-6-8-10(3)4/h9-10H,1,3,5-8H2,2,4H3. The van der Waals surface area contributed by atoms with E-state index in [4.69, 9.17) is 0 Å². The second kappa shape index (κ2) is 5.76. The molecule has 0 aromatic rings. The van der Waals surface area contributed by atoms with E-state index in [1.807, 2.05) is 0 Å². The van der Waals surface area contributed by atoms with Crippen molar-refractivity contribution in [1.82, 2.24) is 0 Å². The molecule has 0 rings (SSSR count). The molecule has 0 fully saturated rings. The smallest absolute Gasteiger partial charge is 0.0443 e. The first-order chi connectivity index (χ1) is 4.63. The Balaban J connectivity index is 2.91. The van der Waals surface area contributed by atoms with E-state index in [0.29, 0.717) is 11.8 Å². The molecule has 0 aliphatic rings. The first-order valence-electron chi connectivity index (χ1n) is 4.29. The summed E-state index contributed by atoms with van der Waals surface area (Å²) in [5.41, 5.74) is 0. The summed E-state index contributed by atoms with van der Waals surface area (Å²) in [6.07, 6.45) is 5.19. The molecule has 0 heterocycles. The molecule has 0 aromatic heterocycles. The lowest BCUT2D eigenvalue weighted by molar-refractivity contribution is 0.523. The Morgan fingerprint density at radius 1 is 0.900 bits per heavy atom. The molecule has 0 bridgehead atoms. The number of hydrogen-bond donors (Lipinski definition) is 0. The van der Waals surface area contributed by atoms with Gasteiger partial charge in [0.2, 0.25) is 0 Å². The summed E-state index contributed by atoms with van der Waals surface area (Å²) in [6, 6.07) is 0. The van der Waals surface area contributed by atoms with E-state index in [0.717, 1.165) is 0 Å². The van der Waals surface area contributed by atoms with Gasteiger partial charge in [0.25, 0.3) is 0 Å². The van der Waals surface area contributed by atoms with Gasteiger partial charge in [-0.2, -0.15) is 0 Å². The fourth-order valence-electron chi connectivity index (χ4n) is 0.986. The summed E-state index contributed by atoms with van der Waals surface area (Å²) >= 11 is 0. The fourth-order valence-corrected chi connectivity index (χ4v) is 0.986. The molecule has 0 aromatic carbocycles. The van der Waals surface area contributed by atoms with Gasteiger partial charge in [-0.25, -0.2) is 0 Å². The van der Waals surface area contributed by atoms with Crippen LogP contribution < -0.4 is 0 Å². The van der Waals surface area contributed by atoms with Gasteiger partial charge in [0.05, 0.1) is 0 Å². The molecule has 0 saturated heterocycles. The van der Waals surface area contributed by atoms with Crippen LogP contribution in [0.3, 0.4) is 0 Å². The van der Waals surface area contributed by atoms with Crippen molar-refractivity contribution in [3.8, 4) is 0 Å². The van der Waals surface area contributed by atoms with Gasteiger partial charge < -0.3 is 0 Å². The molecule has 0 amide bonds. The molecule has 60 valence electrons. The van der Waals surface area contributed by atoms with Crippen LogP contribution in [0.25, 0.3) is 0 Å². The van der Waals surface area contributed by atoms with Gasteiger partial charge in [-0.15, -0.1) is 0 Å². The molecule has 0 nitrogen and oxygen atoms in total. The topological polar surface area (TPSA) is 0 Å². The maximum absolute atomic E-state index is 3.94. The van der Waals surface area contributed by atoms with E-state index in [1.165, 1.54) is 25.7 Å². The average Bonchev–Trinajstić information content (AvgIpc) is 1.79. The van der Waals surface area contributed by atoms with Crippen molar-refractivity contribution in [3.05, 3.63) is 13.8 Å². The Hall–Kier alpha value is 0. The molecule has 2 atom stereocenters. The van der Waals surface area contributed by atoms with Crippen molar-refractivity contribution in [2.75, 3.05) is 0 Å². The predicted octanol–water partition coefficient (Wildman–Crippen LogP) is 3.49. The second-order valence-electron chi connectivity index (χ2n) is 3.49. The van der Waals surface area contributed by atoms with E-state index in [-0.39, 0.29) is 0 Å². The minimum absolute atomic E-state index is 0.625. The Labute approximate surface area is 66.0 Å². The lowest BCUT2D eigenvalue weighted by atomic mass is 10.0. The highest BCUT2D eigenvalue weighted by Gasteiger charge is 1.96. The Bertz CT molecular complexity index is 52.4. The van der Waals surface area contributed by atoms with Crippen molar-refractivity contribution in [1.29, 1.82) is 0 Å². The van der Waals surface area contributed by atoms with Gasteiger partial charge in [0.15, 0.2) is 0 Å². The molecule has 0 saturated carbocycles. The van der Waals surface area contributed by atoms with E-state index in [9.17, 15) is 0 Å². The second-order valence-corrected chi connectivity index (χ2v) is 3.49. The Morgan fingerprint density at radius 2 is 1.20 bits per heavy atom. The van der Waals surface area contributed by atoms with Crippen LogP contribution in [-0.4, -0.2) is 0 Å². The van der Waals surface area contributed by atoms with Gasteiger partial charge in [-0.05, 0) is 11.8 Å². The van der Waals surface area contributed by atoms with Crippen molar-refractivity contribution in [2.24, 2.45) is 11.8 Å². The quantitative estimate of drug-likeness (QED) is 0.513. The third-order valence-electron chi connectivity index (χ3n) is 1.64. The van der Waals surface area contributed by atoms with Crippen LogP contribution >= 0.6 is 0 Å². The van der Waals surface area contributed by atoms with Crippen molar-refractivity contribution in [3.63, 3.8) is 0 Å². The average molecular weight is 140 g/mol. The van der Waals surface area contributed by atoms with Gasteiger partial charge in [0.1, 0.15) is 0 Å². The third-order valence-corrected chi connectivity index (χ3v) is 1.64.